The Morgan fingerprint density at radius 1 is 1.06 bits per heavy atom. The first-order valence-electron chi connectivity index (χ1n) is 9.10. The molecule has 3 rings (SSSR count). The number of benzene rings is 2. The first-order valence-corrected chi connectivity index (χ1v) is 9.10. The summed E-state index contributed by atoms with van der Waals surface area (Å²) >= 11 is 0. The van der Waals surface area contributed by atoms with Gasteiger partial charge < -0.3 is 44.8 Å². The molecule has 12 nitrogen and oxygen atoms in total. The van der Waals surface area contributed by atoms with Gasteiger partial charge in [0.1, 0.15) is 29.7 Å². The van der Waals surface area contributed by atoms with Crippen molar-refractivity contribution in [2.45, 2.75) is 44.7 Å². The van der Waals surface area contributed by atoms with Gasteiger partial charge >= 0.3 is 0 Å². The Kier molecular flexibility index (Phi) is 6.29. The van der Waals surface area contributed by atoms with Crippen LogP contribution >= 0.6 is 0 Å². The molecule has 31 heavy (non-hydrogen) atoms. The summed E-state index contributed by atoms with van der Waals surface area (Å²) in [5, 5.41) is 67.9. The maximum Gasteiger partial charge on any atom is 0.261 e. The van der Waals surface area contributed by atoms with Crippen molar-refractivity contribution in [3.8, 4) is 23.0 Å². The second-order valence-corrected chi connectivity index (χ2v) is 6.89. The number of amides is 1. The molecule has 0 aromatic heterocycles. The molecule has 6 N–H and O–H groups in total. The molecule has 0 aliphatic carbocycles. The van der Waals surface area contributed by atoms with Crippen LogP contribution in [0.15, 0.2) is 22.4 Å². The van der Waals surface area contributed by atoms with Crippen LogP contribution in [0.1, 0.15) is 12.5 Å². The van der Waals surface area contributed by atoms with Crippen molar-refractivity contribution in [1.29, 1.82) is 0 Å². The maximum absolute atomic E-state index is 11.4. The third-order valence-corrected chi connectivity index (χ3v) is 4.83. The van der Waals surface area contributed by atoms with Crippen LogP contribution in [0.2, 0.25) is 0 Å². The minimum absolute atomic E-state index is 0.0515. The fourth-order valence-corrected chi connectivity index (χ4v) is 3.23. The summed E-state index contributed by atoms with van der Waals surface area (Å²) in [6, 6.07) is 2.66. The van der Waals surface area contributed by atoms with E-state index in [4.69, 9.17) is 14.2 Å². The minimum atomic E-state index is -1.86. The number of rotatable bonds is 4. The normalized spacial score (nSPS) is 26.4. The number of azo groups is 1. The Morgan fingerprint density at radius 3 is 2.35 bits per heavy atom. The van der Waals surface area contributed by atoms with Gasteiger partial charge in [-0.2, -0.15) is 0 Å². The second kappa shape index (κ2) is 8.61. The largest absolute Gasteiger partial charge is 0.507 e. The third kappa shape index (κ3) is 3.98. The lowest BCUT2D eigenvalue weighted by Crippen LogP contribution is -2.59. The number of nitrogens with zero attached hydrogens (tertiary/aromatic N) is 2. The average molecular weight is 438 g/mol. The number of fused-ring (bicyclic) bond motifs is 1. The van der Waals surface area contributed by atoms with Gasteiger partial charge in [0.05, 0.1) is 12.5 Å². The lowest BCUT2D eigenvalue weighted by atomic mass is 10.0. The summed E-state index contributed by atoms with van der Waals surface area (Å²) in [6.07, 6.45) is -8.82. The van der Waals surface area contributed by atoms with E-state index < -0.39 is 42.5 Å². The van der Waals surface area contributed by atoms with Gasteiger partial charge in [0.15, 0.2) is 23.5 Å². The van der Waals surface area contributed by atoms with E-state index in [0.29, 0.717) is 0 Å². The number of ether oxygens (including phenoxy) is 3. The van der Waals surface area contributed by atoms with Gasteiger partial charge in [0.2, 0.25) is 6.29 Å². The third-order valence-electron chi connectivity index (χ3n) is 4.83. The first-order chi connectivity index (χ1) is 14.6. The molecule has 1 amide bonds. The van der Waals surface area contributed by atoms with Gasteiger partial charge in [-0.1, -0.05) is 0 Å². The van der Waals surface area contributed by atoms with E-state index in [9.17, 15) is 35.4 Å². The molecular weight excluding hydrogens is 416 g/mol. The summed E-state index contributed by atoms with van der Waals surface area (Å²) in [5.41, 5.74) is 0.0339. The summed E-state index contributed by atoms with van der Waals surface area (Å²) in [7, 11) is 1.28. The van der Waals surface area contributed by atoms with Crippen LogP contribution in [0.3, 0.4) is 0 Å². The van der Waals surface area contributed by atoms with Crippen molar-refractivity contribution in [2.24, 2.45) is 10.2 Å². The summed E-state index contributed by atoms with van der Waals surface area (Å²) in [6.45, 7) is 2.66. The molecule has 168 valence electrons. The highest BCUT2D eigenvalue weighted by Gasteiger charge is 2.44. The molecule has 1 saturated heterocycles. The topological polar surface area (TPSA) is 191 Å². The Hall–Kier alpha value is -3.03. The zero-order valence-corrected chi connectivity index (χ0v) is 16.8. The Labute approximate surface area is 175 Å². The van der Waals surface area contributed by atoms with Crippen LogP contribution < -0.4 is 9.47 Å². The highest BCUT2D eigenvalue weighted by molar-refractivity contribution is 6.05. The molecule has 1 aliphatic rings. The molecule has 12 heteroatoms. The van der Waals surface area contributed by atoms with Crippen molar-refractivity contribution in [3.05, 3.63) is 17.7 Å². The van der Waals surface area contributed by atoms with Gasteiger partial charge in [-0.25, -0.2) is 0 Å². The highest BCUT2D eigenvalue weighted by atomic mass is 16.7. The summed E-state index contributed by atoms with van der Waals surface area (Å²) < 4.78 is 15.7. The summed E-state index contributed by atoms with van der Waals surface area (Å²) in [5.74, 6) is -1.55. The van der Waals surface area contributed by atoms with Crippen LogP contribution in [0.4, 0.5) is 5.69 Å². The summed E-state index contributed by atoms with van der Waals surface area (Å²) in [4.78, 5) is 11.4. The molecule has 1 heterocycles. The van der Waals surface area contributed by atoms with Crippen LogP contribution in [0.25, 0.3) is 10.8 Å². The second-order valence-electron chi connectivity index (χ2n) is 6.89. The van der Waals surface area contributed by atoms with Crippen molar-refractivity contribution >= 4 is 22.4 Å². The SMILES string of the molecule is COc1c(C)c(O)c2ccc(OC3O[C@@H](O)[C@H](O)[C@@H](O)[C@H]3O)c(N=NC(C)=O)c2c1O. The number of phenolic OH excluding ortho intramolecular Hbond substituents is 2. The Balaban J connectivity index is 2.20. The van der Waals surface area contributed by atoms with Crippen molar-refractivity contribution in [1.82, 2.24) is 0 Å². The molecule has 5 atom stereocenters. The van der Waals surface area contributed by atoms with Gasteiger partial charge in [-0.3, -0.25) is 4.79 Å². The fourth-order valence-electron chi connectivity index (χ4n) is 3.23. The van der Waals surface area contributed by atoms with Crippen molar-refractivity contribution in [2.75, 3.05) is 7.11 Å². The van der Waals surface area contributed by atoms with Gasteiger partial charge in [0, 0.05) is 17.9 Å². The standard InChI is InChI=1S/C19H22N2O10/c1-6-12(23)8-4-5-9(30-19-16(27)14(25)15(26)18(28)31-19)11(21-20-7(2)22)10(8)13(24)17(6)29-3/h4-5,14-16,18-19,23-28H,1-3H3/t14-,15-,16-,18-,19?/m1/s1. The number of aliphatic hydroxyl groups excluding tert-OH is 4. The quantitative estimate of drug-likeness (QED) is 0.286. The predicted octanol–water partition coefficient (Wildman–Crippen LogP) is 0.334. The number of carbonyl (C=O) groups excluding carboxylic acids is 1. The van der Waals surface area contributed by atoms with Gasteiger partial charge in [-0.15, -0.1) is 10.2 Å². The zero-order valence-electron chi connectivity index (χ0n) is 16.8. The Morgan fingerprint density at radius 2 is 1.74 bits per heavy atom. The Bertz CT molecular complexity index is 1040. The molecule has 0 radical (unpaired) electrons. The number of aliphatic hydroxyl groups is 4. The smallest absolute Gasteiger partial charge is 0.261 e. The van der Waals surface area contributed by atoms with Gasteiger partial charge in [0.25, 0.3) is 5.91 Å². The monoisotopic (exact) mass is 438 g/mol. The molecule has 0 saturated carbocycles. The number of aromatic hydroxyl groups is 2. The van der Waals surface area contributed by atoms with E-state index in [1.807, 2.05) is 0 Å². The van der Waals surface area contributed by atoms with Crippen LogP contribution in [-0.4, -0.2) is 74.5 Å². The van der Waals surface area contributed by atoms with E-state index in [1.54, 1.807) is 0 Å². The molecule has 1 fully saturated rings. The molecule has 1 aliphatic heterocycles. The van der Waals surface area contributed by atoms with E-state index >= 15 is 0 Å². The van der Waals surface area contributed by atoms with E-state index in [0.717, 1.165) is 6.92 Å². The molecule has 2 aromatic carbocycles. The molecule has 1 unspecified atom stereocenters. The average Bonchev–Trinajstić information content (AvgIpc) is 2.73. The predicted molar refractivity (Wildman–Crippen MR) is 103 cm³/mol. The van der Waals surface area contributed by atoms with Gasteiger partial charge in [-0.05, 0) is 19.1 Å². The molecule has 0 spiro atoms. The van der Waals surface area contributed by atoms with Crippen molar-refractivity contribution in [3.63, 3.8) is 0 Å². The van der Waals surface area contributed by atoms with Crippen LogP contribution in [0, 0.1) is 6.92 Å². The molecule has 0 bridgehead atoms. The fraction of sp³-hybridized carbons (Fsp3) is 0.421. The lowest BCUT2D eigenvalue weighted by Gasteiger charge is -2.38. The molecular formula is C19H22N2O10. The number of hydrogen-bond acceptors (Lipinski definition) is 11. The lowest BCUT2D eigenvalue weighted by molar-refractivity contribution is -0.321. The van der Waals surface area contributed by atoms with Crippen molar-refractivity contribution < 1.29 is 49.6 Å². The zero-order chi connectivity index (χ0) is 23.0. The van der Waals surface area contributed by atoms with Crippen LogP contribution in [-0.2, 0) is 9.53 Å². The number of phenols is 2. The first kappa shape index (κ1) is 22.7. The van der Waals surface area contributed by atoms with E-state index in [-0.39, 0.29) is 39.3 Å². The van der Waals surface area contributed by atoms with E-state index in [2.05, 4.69) is 10.2 Å². The van der Waals surface area contributed by atoms with Crippen LogP contribution in [0.5, 0.6) is 23.0 Å². The number of carbonyl (C=O) groups is 1. The highest BCUT2D eigenvalue weighted by Crippen LogP contribution is 2.50. The minimum Gasteiger partial charge on any atom is -0.507 e. The number of methoxy groups -OCH3 is 1. The maximum atomic E-state index is 11.4. The number of hydrogen-bond donors (Lipinski definition) is 6. The molecule has 2 aromatic rings. The van der Waals surface area contributed by atoms with E-state index in [1.165, 1.54) is 26.2 Å².